The summed E-state index contributed by atoms with van der Waals surface area (Å²) in [5, 5.41) is 8.63. The van der Waals surface area contributed by atoms with Crippen LogP contribution >= 0.6 is 0 Å². The van der Waals surface area contributed by atoms with Gasteiger partial charge in [0.15, 0.2) is 5.78 Å². The van der Waals surface area contributed by atoms with Crippen LogP contribution in [-0.2, 0) is 4.79 Å². The minimum absolute atomic E-state index is 0.0245. The summed E-state index contributed by atoms with van der Waals surface area (Å²) < 4.78 is 0. The van der Waals surface area contributed by atoms with Crippen molar-refractivity contribution < 1.29 is 9.59 Å². The van der Waals surface area contributed by atoms with Crippen molar-refractivity contribution in [1.29, 1.82) is 5.26 Å². The molecule has 2 rings (SSSR count). The molecule has 1 aliphatic carbocycles. The first-order valence-corrected chi connectivity index (χ1v) is 5.77. The maximum Gasteiger partial charge on any atom is 0.163 e. The van der Waals surface area contributed by atoms with Crippen LogP contribution in [-0.4, -0.2) is 11.6 Å². The molecular formula is C14H13NO2. The fourth-order valence-corrected chi connectivity index (χ4v) is 1.72. The fourth-order valence-electron chi connectivity index (χ4n) is 1.72. The van der Waals surface area contributed by atoms with Crippen LogP contribution in [0.15, 0.2) is 24.3 Å². The van der Waals surface area contributed by atoms with Crippen molar-refractivity contribution in [3.8, 4) is 6.07 Å². The van der Waals surface area contributed by atoms with Crippen molar-refractivity contribution in [2.45, 2.75) is 25.7 Å². The van der Waals surface area contributed by atoms with E-state index in [1.807, 2.05) is 6.07 Å². The molecule has 3 nitrogen and oxygen atoms in total. The van der Waals surface area contributed by atoms with Crippen LogP contribution in [0, 0.1) is 17.2 Å². The van der Waals surface area contributed by atoms with Crippen molar-refractivity contribution in [3.63, 3.8) is 0 Å². The molecule has 0 unspecified atom stereocenters. The number of carbonyl (C=O) groups is 2. The summed E-state index contributed by atoms with van der Waals surface area (Å²) in [5.41, 5.74) is 1.11. The number of hydrogen-bond acceptors (Lipinski definition) is 3. The Morgan fingerprint density at radius 2 is 1.82 bits per heavy atom. The first kappa shape index (κ1) is 11.5. The van der Waals surface area contributed by atoms with Crippen LogP contribution in [0.4, 0.5) is 0 Å². The van der Waals surface area contributed by atoms with Gasteiger partial charge >= 0.3 is 0 Å². The number of Topliss-reactive ketones (excluding diaryl/α,β-unsaturated/α-hetero) is 2. The summed E-state index contributed by atoms with van der Waals surface area (Å²) in [7, 11) is 0. The minimum atomic E-state index is -0.0245. The summed E-state index contributed by atoms with van der Waals surface area (Å²) in [6.07, 6.45) is 2.61. The zero-order valence-electron chi connectivity index (χ0n) is 9.48. The molecule has 3 heteroatoms. The lowest BCUT2D eigenvalue weighted by atomic mass is 10.0. The second kappa shape index (κ2) is 4.92. The minimum Gasteiger partial charge on any atom is -0.299 e. The van der Waals surface area contributed by atoms with Crippen LogP contribution in [0.2, 0.25) is 0 Å². The number of nitrogens with zero attached hydrogens (tertiary/aromatic N) is 1. The molecule has 1 aliphatic rings. The van der Waals surface area contributed by atoms with Gasteiger partial charge in [0.2, 0.25) is 0 Å². The zero-order chi connectivity index (χ0) is 12.3. The predicted molar refractivity (Wildman–Crippen MR) is 62.5 cm³/mol. The van der Waals surface area contributed by atoms with Crippen molar-refractivity contribution in [2.24, 2.45) is 5.92 Å². The van der Waals surface area contributed by atoms with Gasteiger partial charge in [-0.3, -0.25) is 9.59 Å². The molecule has 0 atom stereocenters. The van der Waals surface area contributed by atoms with Crippen LogP contribution in [0.25, 0.3) is 0 Å². The Hall–Kier alpha value is -1.95. The standard InChI is InChI=1S/C14H13NO2/c15-9-10-1-3-11(4-2-10)13(16)7-8-14(17)12-5-6-12/h1-4,12H,5-8H2. The van der Waals surface area contributed by atoms with Gasteiger partial charge < -0.3 is 0 Å². The second-order valence-corrected chi connectivity index (χ2v) is 4.35. The van der Waals surface area contributed by atoms with E-state index in [0.717, 1.165) is 12.8 Å². The van der Waals surface area contributed by atoms with Crippen molar-refractivity contribution in [3.05, 3.63) is 35.4 Å². The molecule has 1 aromatic carbocycles. The molecule has 1 saturated carbocycles. The summed E-state index contributed by atoms with van der Waals surface area (Å²) in [6, 6.07) is 8.53. The van der Waals surface area contributed by atoms with Gasteiger partial charge in [0, 0.05) is 24.3 Å². The molecule has 0 aromatic heterocycles. The lowest BCUT2D eigenvalue weighted by Crippen LogP contribution is -2.06. The van der Waals surface area contributed by atoms with Crippen LogP contribution in [0.5, 0.6) is 0 Å². The maximum atomic E-state index is 11.8. The SMILES string of the molecule is N#Cc1ccc(C(=O)CCC(=O)C2CC2)cc1. The van der Waals surface area contributed by atoms with E-state index in [0.29, 0.717) is 17.5 Å². The molecule has 1 fully saturated rings. The molecule has 0 aliphatic heterocycles. The van der Waals surface area contributed by atoms with E-state index in [9.17, 15) is 9.59 Å². The average molecular weight is 227 g/mol. The van der Waals surface area contributed by atoms with Crippen LogP contribution < -0.4 is 0 Å². The van der Waals surface area contributed by atoms with Gasteiger partial charge in [-0.15, -0.1) is 0 Å². The Kier molecular flexibility index (Phi) is 3.34. The van der Waals surface area contributed by atoms with Crippen LogP contribution in [0.3, 0.4) is 0 Å². The van der Waals surface area contributed by atoms with E-state index in [1.54, 1.807) is 24.3 Å². The first-order valence-electron chi connectivity index (χ1n) is 5.77. The fraction of sp³-hybridized carbons (Fsp3) is 0.357. The second-order valence-electron chi connectivity index (χ2n) is 4.35. The summed E-state index contributed by atoms with van der Waals surface area (Å²) in [6.45, 7) is 0. The number of nitriles is 1. The van der Waals surface area contributed by atoms with Gasteiger partial charge in [0.1, 0.15) is 5.78 Å². The summed E-state index contributed by atoms with van der Waals surface area (Å²) in [4.78, 5) is 23.2. The number of hydrogen-bond donors (Lipinski definition) is 0. The van der Waals surface area contributed by atoms with Gasteiger partial charge in [-0.05, 0) is 25.0 Å². The smallest absolute Gasteiger partial charge is 0.163 e. The Morgan fingerprint density at radius 3 is 2.35 bits per heavy atom. The third kappa shape index (κ3) is 3.01. The largest absolute Gasteiger partial charge is 0.299 e. The monoisotopic (exact) mass is 227 g/mol. The quantitative estimate of drug-likeness (QED) is 0.726. The lowest BCUT2D eigenvalue weighted by molar-refractivity contribution is -0.120. The average Bonchev–Trinajstić information content (AvgIpc) is 3.20. The van der Waals surface area contributed by atoms with Gasteiger partial charge in [0.25, 0.3) is 0 Å². The van der Waals surface area contributed by atoms with E-state index >= 15 is 0 Å². The van der Waals surface area contributed by atoms with E-state index in [-0.39, 0.29) is 23.9 Å². The number of carbonyl (C=O) groups excluding carboxylic acids is 2. The highest BCUT2D eigenvalue weighted by atomic mass is 16.1. The van der Waals surface area contributed by atoms with Crippen molar-refractivity contribution >= 4 is 11.6 Å². The summed E-state index contributed by atoms with van der Waals surface area (Å²) >= 11 is 0. The molecular weight excluding hydrogens is 214 g/mol. The van der Waals surface area contributed by atoms with E-state index in [1.165, 1.54) is 0 Å². The lowest BCUT2D eigenvalue weighted by Gasteiger charge is -2.00. The van der Waals surface area contributed by atoms with Crippen molar-refractivity contribution in [1.82, 2.24) is 0 Å². The maximum absolute atomic E-state index is 11.8. The van der Waals surface area contributed by atoms with Gasteiger partial charge in [0.05, 0.1) is 11.6 Å². The number of benzene rings is 1. The number of rotatable bonds is 5. The number of ketones is 2. The molecule has 0 spiro atoms. The van der Waals surface area contributed by atoms with Gasteiger partial charge in [-0.25, -0.2) is 0 Å². The molecule has 1 aromatic rings. The van der Waals surface area contributed by atoms with E-state index < -0.39 is 0 Å². The molecule has 86 valence electrons. The van der Waals surface area contributed by atoms with Gasteiger partial charge in [-0.2, -0.15) is 5.26 Å². The summed E-state index contributed by atoms with van der Waals surface area (Å²) in [5.74, 6) is 0.416. The highest BCUT2D eigenvalue weighted by Crippen LogP contribution is 2.31. The topological polar surface area (TPSA) is 57.9 Å². The Balaban J connectivity index is 1.90. The molecule has 0 amide bonds. The molecule has 0 saturated heterocycles. The predicted octanol–water partition coefficient (Wildman–Crippen LogP) is 2.50. The van der Waals surface area contributed by atoms with Gasteiger partial charge in [-0.1, -0.05) is 12.1 Å². The molecule has 0 radical (unpaired) electrons. The van der Waals surface area contributed by atoms with E-state index in [4.69, 9.17) is 5.26 Å². The highest BCUT2D eigenvalue weighted by Gasteiger charge is 2.29. The normalized spacial score (nSPS) is 14.1. The van der Waals surface area contributed by atoms with Crippen molar-refractivity contribution in [2.75, 3.05) is 0 Å². The Morgan fingerprint density at radius 1 is 1.18 bits per heavy atom. The third-order valence-corrected chi connectivity index (χ3v) is 2.97. The molecule has 0 bridgehead atoms. The Bertz CT molecular complexity index is 478. The third-order valence-electron chi connectivity index (χ3n) is 2.97. The van der Waals surface area contributed by atoms with Crippen LogP contribution in [0.1, 0.15) is 41.6 Å². The Labute approximate surface area is 100 Å². The van der Waals surface area contributed by atoms with E-state index in [2.05, 4.69) is 0 Å². The molecule has 17 heavy (non-hydrogen) atoms. The highest BCUT2D eigenvalue weighted by molar-refractivity contribution is 5.98. The first-order chi connectivity index (χ1) is 8.20. The molecule has 0 heterocycles. The zero-order valence-corrected chi connectivity index (χ0v) is 9.48. The molecule has 0 N–H and O–H groups in total.